The molecule has 6 fully saturated rings. The highest BCUT2D eigenvalue weighted by Gasteiger charge is 2.60. The lowest BCUT2D eigenvalue weighted by Crippen LogP contribution is -2.45. The first kappa shape index (κ1) is 91.1. The van der Waals surface area contributed by atoms with Gasteiger partial charge in [0.25, 0.3) is 33.4 Å². The van der Waals surface area contributed by atoms with Gasteiger partial charge in [-0.25, -0.2) is 45.5 Å². The summed E-state index contributed by atoms with van der Waals surface area (Å²) < 4.78 is 138. The van der Waals surface area contributed by atoms with Crippen LogP contribution < -0.4 is 65.6 Å². The van der Waals surface area contributed by atoms with E-state index in [0.29, 0.717) is 25.7 Å². The van der Waals surface area contributed by atoms with E-state index in [4.69, 9.17) is 54.5 Å². The lowest BCUT2D eigenvalue weighted by molar-refractivity contribution is -0.136. The van der Waals surface area contributed by atoms with Crippen LogP contribution in [0.5, 0.6) is 12.0 Å². The molecule has 48 heteroatoms. The van der Waals surface area contributed by atoms with Crippen molar-refractivity contribution in [3.63, 3.8) is 0 Å². The second-order valence-corrected chi connectivity index (χ2v) is 29.5. The molecule has 14 heterocycles. The summed E-state index contributed by atoms with van der Waals surface area (Å²) >= 11 is 0. The fourth-order valence-corrected chi connectivity index (χ4v) is 15.3. The summed E-state index contributed by atoms with van der Waals surface area (Å²) in [5.41, 5.74) is 13.1. The van der Waals surface area contributed by atoms with Crippen LogP contribution in [0.3, 0.4) is 0 Å². The van der Waals surface area contributed by atoms with Crippen LogP contribution in [0.4, 0.5) is 26.3 Å². The van der Waals surface area contributed by atoms with Crippen LogP contribution in [0, 0.1) is 35.5 Å². The molecule has 0 aliphatic carbocycles. The minimum absolute atomic E-state index is 0.0138. The molecule has 22 atom stereocenters. The van der Waals surface area contributed by atoms with E-state index >= 15 is 0 Å². The number of nitrogens with one attached hydrogen (secondary N) is 4. The Morgan fingerprint density at radius 1 is 0.381 bits per heavy atom. The van der Waals surface area contributed by atoms with Gasteiger partial charge in [-0.15, -0.1) is 0 Å². The monoisotopic (exact) mass is 1680 g/mol. The van der Waals surface area contributed by atoms with Gasteiger partial charge in [0.05, 0.1) is 50.7 Å². The predicted octanol–water partition coefficient (Wildman–Crippen LogP) is 4.42. The zero-order valence-corrected chi connectivity index (χ0v) is 65.4. The van der Waals surface area contributed by atoms with Gasteiger partial charge >= 0.3 is 34.8 Å². The second kappa shape index (κ2) is 37.5. The van der Waals surface area contributed by atoms with E-state index in [1.807, 2.05) is 37.7 Å². The normalized spacial score (nSPS) is 32.5. The molecule has 0 spiro atoms. The molecule has 8 aliphatic rings. The Bertz CT molecular complexity index is 5110. The lowest BCUT2D eigenvalue weighted by atomic mass is 9.83. The number of fused-ring (bicyclic) bond motifs is 8. The summed E-state index contributed by atoms with van der Waals surface area (Å²) in [5.74, 6) is -3.23. The molecular formula is C70H91F6N21O21. The number of aromatic nitrogens is 12. The molecule has 0 unspecified atom stereocenters. The van der Waals surface area contributed by atoms with E-state index in [-0.39, 0.29) is 56.7 Å². The van der Waals surface area contributed by atoms with Gasteiger partial charge < -0.3 is 53.2 Å². The number of aromatic amines is 4. The van der Waals surface area contributed by atoms with Crippen molar-refractivity contribution in [2.75, 3.05) is 52.7 Å². The van der Waals surface area contributed by atoms with Gasteiger partial charge in [0.1, 0.15) is 35.6 Å². The number of aliphatic hydroxyl groups excluding tert-OH is 3. The summed E-state index contributed by atoms with van der Waals surface area (Å²) in [6.07, 6.45) is -4.77. The van der Waals surface area contributed by atoms with Crippen molar-refractivity contribution in [2.24, 2.45) is 50.9 Å². The molecule has 118 heavy (non-hydrogen) atoms. The number of ether oxygens (including phenoxy) is 8. The number of azide groups is 3. The maximum Gasteiger partial charge on any atom is 0.330 e. The Labute approximate surface area is 662 Å². The SMILES string of the molecule is CCC1(CC)O[C@@H](n2ccc(=O)[nH]c2=O)[C@@H](F)[C@@H]1C.CC[C@@]1(CN=[N+]=[N-])O[C@@H](n2ccc(=O)[nH]c2=O)[C@@H](F)[C@@H]1C.CC[C@]12COc3nc(=O)ccn3[C@H](O1)[C@@H](F)[C@@H]2C.C[C@H]1[C@H](F)[C@H](n2ccc(=O)[nH]c2=O)OC1(CO)CO.C[C@H]1[C@H](F)[C@H](n2ccc(=O)[nH]c2=O)O[C@@]1(CO)CN=[N+]=[N-].C[C@H]1[C@H](F)[C@H]2O[C@]1(CN=[N+]=[N-])COc1nc(=O)ccn12. The van der Waals surface area contributed by atoms with E-state index in [2.05, 4.69) is 50.0 Å². The number of halogens is 6. The summed E-state index contributed by atoms with van der Waals surface area (Å²) in [6, 6.07) is 7.10. The largest absolute Gasteiger partial charge is 0.461 e. The molecule has 8 aliphatic heterocycles. The molecule has 0 amide bonds. The third-order valence-corrected chi connectivity index (χ3v) is 23.6. The summed E-state index contributed by atoms with van der Waals surface area (Å²) in [4.78, 5) is 137. The second-order valence-electron chi connectivity index (χ2n) is 29.5. The molecular weight excluding hydrogens is 1580 g/mol. The van der Waals surface area contributed by atoms with E-state index in [1.165, 1.54) is 66.0 Å². The minimum Gasteiger partial charge on any atom is -0.461 e. The maximum atomic E-state index is 14.5. The zero-order chi connectivity index (χ0) is 86.9. The quantitative estimate of drug-likeness (QED) is 0.0287. The molecule has 42 nitrogen and oxygen atoms in total. The minimum atomic E-state index is -1.62. The van der Waals surface area contributed by atoms with Gasteiger partial charge in [-0.05, 0) is 42.3 Å². The van der Waals surface area contributed by atoms with Crippen molar-refractivity contribution < 1.29 is 79.6 Å². The molecule has 0 radical (unpaired) electrons. The predicted molar refractivity (Wildman–Crippen MR) is 399 cm³/mol. The highest BCUT2D eigenvalue weighted by atomic mass is 19.2. The van der Waals surface area contributed by atoms with Crippen molar-refractivity contribution in [1.29, 1.82) is 0 Å². The zero-order valence-electron chi connectivity index (χ0n) is 65.4. The Hall–Kier alpha value is -10.8. The number of alkyl halides is 6. The van der Waals surface area contributed by atoms with Crippen LogP contribution in [0.1, 0.15) is 132 Å². The summed E-state index contributed by atoms with van der Waals surface area (Å²) in [7, 11) is 0. The Balaban J connectivity index is 0.000000162. The van der Waals surface area contributed by atoms with E-state index in [0.717, 1.165) is 48.9 Å². The topological polar surface area (TPSA) is 570 Å². The highest BCUT2D eigenvalue weighted by molar-refractivity contribution is 5.13. The Morgan fingerprint density at radius 2 is 0.653 bits per heavy atom. The average Bonchev–Trinajstić information content (AvgIpc) is 1.61. The van der Waals surface area contributed by atoms with Gasteiger partial charge in [0, 0.05) is 124 Å². The fraction of sp³-hybridized carbons (Fsp3) is 0.657. The number of H-pyrrole nitrogens is 4. The number of nitrogens with zero attached hydrogens (tertiary/aromatic N) is 17. The van der Waals surface area contributed by atoms with Crippen LogP contribution in [0.2, 0.25) is 0 Å². The first-order valence-electron chi connectivity index (χ1n) is 37.4. The molecule has 4 bridgehead atoms. The molecule has 7 N–H and O–H groups in total. The molecule has 0 aromatic carbocycles. The standard InChI is InChI=1S/C13H19FN2O3.C12H16FN5O3.C12H15FN2O3.C11H14FN5O4.C11H12FN5O3.C11H15FN2O5/c1-4-13(5-2)8(3)10(14)11(19-13)16-7-6-9(17)15-12(16)18;1-3-12(6-15-17-14)7(2)9(13)10(21-12)18-5-4-8(19)16-11(18)20;1-3-12-6-17-11-14-8(16)4-5-15(11)10(18-12)9(13)7(12)2;1-6-8(12)9(17-3-2-7(19)15-10(17)20)21-11(6,5-18)4-14-16-13;1-6-8(12)9-17-3-2-7(18)15-10(17)19-5-11(6,20-9)4-14-16-13;1-6-8(12)9(19-11(6,4-15)5-16)14-3-2-7(17)13-10(14)18/h6-8,10-11H,4-5H2,1-3H3,(H,15,17,18);4-5,7,9-10H,3,6H2,1-2H3,(H,16,19,20);4-5,7,9-10H,3,6H2,1-2H3;2-3,6,8-9,18H,4-5H2,1H3,(H,15,19,20);2-3,6,8-9H,4-5H2,1H3;2-3,6,8-9,15-16H,4-5H2,1H3,(H,13,17,18)/t8-,10-,11+;7-,9-,10+,12-;7-,9-,10+,12+;2*6-,8-,9+,11+;6-,8-,9+/m000000/s1. The van der Waals surface area contributed by atoms with Gasteiger partial charge in [0.2, 0.25) is 0 Å². The van der Waals surface area contributed by atoms with Crippen LogP contribution in [0.15, 0.2) is 137 Å². The first-order valence-corrected chi connectivity index (χ1v) is 37.4. The fourth-order valence-electron chi connectivity index (χ4n) is 15.3. The number of rotatable bonds is 17. The first-order chi connectivity index (χ1) is 55.9. The third-order valence-electron chi connectivity index (χ3n) is 23.6. The number of hydrogen-bond donors (Lipinski definition) is 7. The summed E-state index contributed by atoms with van der Waals surface area (Å²) in [6.45, 7) is 15.7. The Morgan fingerprint density at radius 3 is 0.983 bits per heavy atom. The van der Waals surface area contributed by atoms with E-state index in [9.17, 15) is 89.6 Å². The van der Waals surface area contributed by atoms with Crippen LogP contribution in [-0.2, 0) is 28.4 Å². The third kappa shape index (κ3) is 17.8. The van der Waals surface area contributed by atoms with E-state index in [1.54, 1.807) is 27.7 Å². The number of hydrogen-bond acceptors (Lipinski definition) is 26. The van der Waals surface area contributed by atoms with Crippen molar-refractivity contribution in [3.8, 4) is 12.0 Å². The molecule has 6 saturated heterocycles. The molecule has 6 aromatic rings. The van der Waals surface area contributed by atoms with Gasteiger partial charge in [0.15, 0.2) is 74.4 Å². The van der Waals surface area contributed by atoms with Crippen molar-refractivity contribution >= 4 is 0 Å². The Kier molecular flexibility index (Phi) is 28.9. The average molecular weight is 1680 g/mol. The highest BCUT2D eigenvalue weighted by Crippen LogP contribution is 2.51. The van der Waals surface area contributed by atoms with Gasteiger partial charge in [-0.2, -0.15) is 9.97 Å². The number of aliphatic hydroxyl groups is 3. The van der Waals surface area contributed by atoms with Gasteiger partial charge in [-0.1, -0.05) is 84.6 Å². The smallest absolute Gasteiger partial charge is 0.330 e. The van der Waals surface area contributed by atoms with Crippen LogP contribution >= 0.6 is 0 Å². The summed E-state index contributed by atoms with van der Waals surface area (Å²) in [5, 5.41) is 38.4. The van der Waals surface area contributed by atoms with Crippen molar-refractivity contribution in [2.45, 2.75) is 203 Å². The molecule has 644 valence electrons. The van der Waals surface area contributed by atoms with Crippen molar-refractivity contribution in [1.82, 2.24) is 57.3 Å². The van der Waals surface area contributed by atoms with Crippen LogP contribution in [0.25, 0.3) is 31.3 Å². The van der Waals surface area contributed by atoms with Crippen LogP contribution in [-0.4, -0.2) is 196 Å². The maximum absolute atomic E-state index is 14.5. The molecule has 6 aromatic heterocycles. The van der Waals surface area contributed by atoms with Gasteiger partial charge in [-0.3, -0.25) is 76.1 Å². The van der Waals surface area contributed by atoms with Crippen molar-refractivity contribution in [3.05, 3.63) is 209 Å². The molecule has 14 rings (SSSR count). The molecule has 0 saturated carbocycles. The lowest BCUT2D eigenvalue weighted by Gasteiger charge is -2.30. The van der Waals surface area contributed by atoms with E-state index < -0.39 is 208 Å².